The van der Waals surface area contributed by atoms with Crippen LogP contribution in [0, 0.1) is 6.92 Å². The van der Waals surface area contributed by atoms with Crippen LogP contribution in [0.15, 0.2) is 75.7 Å². The van der Waals surface area contributed by atoms with Crippen molar-refractivity contribution in [3.8, 4) is 11.4 Å². The molecule has 1 amide bonds. The third-order valence-corrected chi connectivity index (χ3v) is 4.83. The van der Waals surface area contributed by atoms with Crippen molar-refractivity contribution in [3.63, 3.8) is 0 Å². The van der Waals surface area contributed by atoms with Crippen LogP contribution < -0.4 is 5.32 Å². The number of nitrogens with zero attached hydrogens (tertiary/aromatic N) is 2. The zero-order valence-corrected chi connectivity index (χ0v) is 15.7. The fourth-order valence-electron chi connectivity index (χ4n) is 3.29. The summed E-state index contributed by atoms with van der Waals surface area (Å²) in [5.41, 5.74) is 2.69. The molecule has 0 radical (unpaired) electrons. The largest absolute Gasteiger partial charge is 0.451 e. The quantitative estimate of drug-likeness (QED) is 0.479. The van der Waals surface area contributed by atoms with E-state index in [1.165, 1.54) is 0 Å². The molecule has 0 fully saturated rings. The second kappa shape index (κ2) is 6.91. The van der Waals surface area contributed by atoms with Gasteiger partial charge in [-0.1, -0.05) is 65.3 Å². The normalized spacial score (nSPS) is 11.2. The molecule has 29 heavy (non-hydrogen) atoms. The molecule has 6 nitrogen and oxygen atoms in total. The summed E-state index contributed by atoms with van der Waals surface area (Å²) < 4.78 is 11.0. The number of rotatable bonds is 4. The van der Waals surface area contributed by atoms with E-state index in [9.17, 15) is 4.79 Å². The van der Waals surface area contributed by atoms with Crippen LogP contribution in [0.2, 0.25) is 0 Å². The first-order valence-electron chi connectivity index (χ1n) is 9.26. The van der Waals surface area contributed by atoms with Crippen molar-refractivity contribution in [2.45, 2.75) is 13.5 Å². The average molecular weight is 383 g/mol. The summed E-state index contributed by atoms with van der Waals surface area (Å²) in [5.74, 6) is 0.731. The number of fused-ring (bicyclic) bond motifs is 3. The summed E-state index contributed by atoms with van der Waals surface area (Å²) in [6.45, 7) is 2.14. The Bertz CT molecular complexity index is 1330. The van der Waals surface area contributed by atoms with Gasteiger partial charge in [0.05, 0.1) is 6.54 Å². The Morgan fingerprint density at radius 3 is 2.69 bits per heavy atom. The number of carbonyl (C=O) groups is 1. The lowest BCUT2D eigenvalue weighted by molar-refractivity contribution is 0.0920. The third-order valence-electron chi connectivity index (χ3n) is 4.83. The number of nitrogens with one attached hydrogen (secondary N) is 1. The lowest BCUT2D eigenvalue weighted by atomic mass is 10.1. The molecule has 0 aliphatic heterocycles. The van der Waals surface area contributed by atoms with Gasteiger partial charge in [-0.05, 0) is 29.8 Å². The second-order valence-electron chi connectivity index (χ2n) is 6.87. The molecule has 5 aromatic rings. The first-order chi connectivity index (χ1) is 14.2. The van der Waals surface area contributed by atoms with Gasteiger partial charge in [0.15, 0.2) is 5.76 Å². The van der Waals surface area contributed by atoms with Gasteiger partial charge in [0.2, 0.25) is 11.7 Å². The van der Waals surface area contributed by atoms with Crippen molar-refractivity contribution in [3.05, 3.63) is 83.9 Å². The van der Waals surface area contributed by atoms with Gasteiger partial charge >= 0.3 is 0 Å². The van der Waals surface area contributed by atoms with Crippen molar-refractivity contribution in [1.29, 1.82) is 0 Å². The monoisotopic (exact) mass is 383 g/mol. The minimum absolute atomic E-state index is 0.121. The van der Waals surface area contributed by atoms with Gasteiger partial charge < -0.3 is 14.3 Å². The number of benzene rings is 3. The molecule has 6 heteroatoms. The fourth-order valence-corrected chi connectivity index (χ4v) is 3.29. The highest BCUT2D eigenvalue weighted by molar-refractivity contribution is 6.08. The van der Waals surface area contributed by atoms with Crippen molar-refractivity contribution in [2.75, 3.05) is 0 Å². The van der Waals surface area contributed by atoms with Crippen LogP contribution in [-0.4, -0.2) is 16.0 Å². The zero-order valence-electron chi connectivity index (χ0n) is 15.7. The first kappa shape index (κ1) is 17.2. The predicted octanol–water partition coefficient (Wildman–Crippen LogP) is 4.87. The molecule has 2 heterocycles. The summed E-state index contributed by atoms with van der Waals surface area (Å²) >= 11 is 0. The van der Waals surface area contributed by atoms with E-state index in [-0.39, 0.29) is 18.2 Å². The van der Waals surface area contributed by atoms with Gasteiger partial charge in [-0.15, -0.1) is 0 Å². The van der Waals surface area contributed by atoms with Gasteiger partial charge in [0.25, 0.3) is 5.91 Å². The van der Waals surface area contributed by atoms with Crippen molar-refractivity contribution >= 4 is 27.6 Å². The van der Waals surface area contributed by atoms with Crippen LogP contribution >= 0.6 is 0 Å². The summed E-state index contributed by atoms with van der Waals surface area (Å²) in [4.78, 5) is 16.9. The molecule has 0 atom stereocenters. The lowest BCUT2D eigenvalue weighted by Gasteiger charge is -1.98. The number of amides is 1. The van der Waals surface area contributed by atoms with Crippen LogP contribution in [-0.2, 0) is 6.54 Å². The smallest absolute Gasteiger partial charge is 0.287 e. The first-order valence-corrected chi connectivity index (χ1v) is 9.26. The number of carbonyl (C=O) groups excluding carboxylic acids is 1. The fraction of sp³-hybridized carbons (Fsp3) is 0.0870. The molecule has 5 rings (SSSR count). The standard InChI is InChI=1S/C23H17N3O3/c1-14-6-8-16(9-7-14)22-25-21(29-26-22)13-24-23(27)20-12-18-17-5-3-2-4-15(17)10-11-19(18)28-20/h2-12H,13H2,1H3,(H,24,27). The Morgan fingerprint density at radius 2 is 1.83 bits per heavy atom. The predicted molar refractivity (Wildman–Crippen MR) is 109 cm³/mol. The van der Waals surface area contributed by atoms with E-state index in [4.69, 9.17) is 8.94 Å². The van der Waals surface area contributed by atoms with E-state index in [1.54, 1.807) is 6.07 Å². The van der Waals surface area contributed by atoms with Gasteiger partial charge in [-0.2, -0.15) is 4.98 Å². The molecular formula is C23H17N3O3. The Kier molecular flexibility index (Phi) is 4.09. The van der Waals surface area contributed by atoms with Crippen LogP contribution in [0.1, 0.15) is 22.0 Å². The molecule has 3 aromatic carbocycles. The van der Waals surface area contributed by atoms with Gasteiger partial charge in [0.1, 0.15) is 5.58 Å². The van der Waals surface area contributed by atoms with Crippen molar-refractivity contribution < 1.29 is 13.7 Å². The van der Waals surface area contributed by atoms with Crippen LogP contribution in [0.5, 0.6) is 0 Å². The summed E-state index contributed by atoms with van der Waals surface area (Å²) in [5, 5.41) is 9.80. The number of aromatic nitrogens is 2. The van der Waals surface area contributed by atoms with Crippen molar-refractivity contribution in [2.24, 2.45) is 0 Å². The zero-order chi connectivity index (χ0) is 19.8. The molecule has 0 aliphatic rings. The average Bonchev–Trinajstić information content (AvgIpc) is 3.40. The molecule has 1 N–H and O–H groups in total. The van der Waals surface area contributed by atoms with E-state index in [1.807, 2.05) is 67.6 Å². The molecular weight excluding hydrogens is 366 g/mol. The molecule has 0 saturated heterocycles. The van der Waals surface area contributed by atoms with Crippen LogP contribution in [0.3, 0.4) is 0 Å². The Balaban J connectivity index is 1.33. The van der Waals surface area contributed by atoms with Gasteiger partial charge in [-0.3, -0.25) is 4.79 Å². The Labute approximate surface area is 166 Å². The lowest BCUT2D eigenvalue weighted by Crippen LogP contribution is -2.22. The molecule has 2 aromatic heterocycles. The number of hydrogen-bond acceptors (Lipinski definition) is 5. The number of furan rings is 1. The summed E-state index contributed by atoms with van der Waals surface area (Å²) in [6.07, 6.45) is 0. The molecule has 0 spiro atoms. The maximum absolute atomic E-state index is 12.5. The Morgan fingerprint density at radius 1 is 1.00 bits per heavy atom. The minimum atomic E-state index is -0.333. The summed E-state index contributed by atoms with van der Waals surface area (Å²) in [6, 6.07) is 21.4. The molecule has 0 unspecified atom stereocenters. The maximum Gasteiger partial charge on any atom is 0.287 e. The SMILES string of the molecule is Cc1ccc(-c2noc(CNC(=O)c3cc4c(ccc5ccccc54)o3)n2)cc1. The van der Waals surface area contributed by atoms with E-state index >= 15 is 0 Å². The number of aryl methyl sites for hydroxylation is 1. The highest BCUT2D eigenvalue weighted by atomic mass is 16.5. The van der Waals surface area contributed by atoms with Crippen molar-refractivity contribution in [1.82, 2.24) is 15.5 Å². The third kappa shape index (κ3) is 3.25. The topological polar surface area (TPSA) is 81.2 Å². The molecule has 0 bridgehead atoms. The number of hydrogen-bond donors (Lipinski definition) is 1. The molecule has 0 aliphatic carbocycles. The van der Waals surface area contributed by atoms with Gasteiger partial charge in [-0.25, -0.2) is 0 Å². The van der Waals surface area contributed by atoms with Crippen LogP contribution in [0.25, 0.3) is 33.1 Å². The van der Waals surface area contributed by atoms with Gasteiger partial charge in [0, 0.05) is 10.9 Å². The second-order valence-corrected chi connectivity index (χ2v) is 6.87. The van der Waals surface area contributed by atoms with Crippen LogP contribution in [0.4, 0.5) is 0 Å². The van der Waals surface area contributed by atoms with E-state index in [0.717, 1.165) is 27.3 Å². The van der Waals surface area contributed by atoms with E-state index in [0.29, 0.717) is 17.3 Å². The highest BCUT2D eigenvalue weighted by Crippen LogP contribution is 2.28. The summed E-state index contributed by atoms with van der Waals surface area (Å²) in [7, 11) is 0. The van der Waals surface area contributed by atoms with E-state index in [2.05, 4.69) is 15.5 Å². The molecule has 142 valence electrons. The maximum atomic E-state index is 12.5. The highest BCUT2D eigenvalue weighted by Gasteiger charge is 2.15. The minimum Gasteiger partial charge on any atom is -0.451 e. The molecule has 0 saturated carbocycles. The Hall–Kier alpha value is -3.93. The van der Waals surface area contributed by atoms with E-state index < -0.39 is 0 Å².